The van der Waals surface area contributed by atoms with Crippen molar-refractivity contribution in [3.63, 3.8) is 0 Å². The minimum absolute atomic E-state index is 0.0476. The smallest absolute Gasteiger partial charge is 0.224 e. The van der Waals surface area contributed by atoms with Crippen molar-refractivity contribution in [1.29, 1.82) is 0 Å². The summed E-state index contributed by atoms with van der Waals surface area (Å²) in [5, 5.41) is 2.82. The highest BCUT2D eigenvalue weighted by Gasteiger charge is 2.11. The zero-order valence-corrected chi connectivity index (χ0v) is 14.4. The molecule has 3 rings (SSSR count). The molecule has 0 saturated carbocycles. The van der Waals surface area contributed by atoms with Crippen LogP contribution in [0.5, 0.6) is 0 Å². The molecule has 1 fully saturated rings. The highest BCUT2D eigenvalue weighted by molar-refractivity contribution is 5.78. The molecule has 25 heavy (non-hydrogen) atoms. The minimum Gasteiger partial charge on any atom is -0.357 e. The summed E-state index contributed by atoms with van der Waals surface area (Å²) in [6.07, 6.45) is 6.88. The summed E-state index contributed by atoms with van der Waals surface area (Å²) >= 11 is 0. The lowest BCUT2D eigenvalue weighted by Gasteiger charge is -2.21. The topological polar surface area (TPSA) is 45.2 Å². The van der Waals surface area contributed by atoms with Gasteiger partial charge in [-0.15, -0.1) is 0 Å². The summed E-state index contributed by atoms with van der Waals surface area (Å²) in [5.74, 6) is 0.464. The molecule has 0 aliphatic carbocycles. The first kappa shape index (κ1) is 17.4. The molecule has 1 aliphatic rings. The number of pyridine rings is 1. The lowest BCUT2D eigenvalue weighted by atomic mass is 10.1. The molecule has 1 aromatic carbocycles. The van der Waals surface area contributed by atoms with Crippen molar-refractivity contribution >= 4 is 11.7 Å². The van der Waals surface area contributed by atoms with Gasteiger partial charge in [0.15, 0.2) is 0 Å². The Bertz CT molecular complexity index is 694. The van der Waals surface area contributed by atoms with Crippen LogP contribution in [0.1, 0.15) is 36.8 Å². The Labute approximate surface area is 148 Å². The van der Waals surface area contributed by atoms with E-state index in [4.69, 9.17) is 0 Å². The molecule has 1 amide bonds. The van der Waals surface area contributed by atoms with Gasteiger partial charge in [-0.1, -0.05) is 37.1 Å². The fraction of sp³-hybridized carbons (Fsp3) is 0.400. The van der Waals surface area contributed by atoms with E-state index in [9.17, 15) is 9.18 Å². The number of carbonyl (C=O) groups excluding carboxylic acids is 1. The van der Waals surface area contributed by atoms with Crippen LogP contribution in [0.15, 0.2) is 42.6 Å². The van der Waals surface area contributed by atoms with E-state index in [1.807, 2.05) is 18.3 Å². The van der Waals surface area contributed by atoms with Gasteiger partial charge in [-0.2, -0.15) is 0 Å². The standard InChI is InChI=1S/C20H24FN3O/c21-18-8-4-3-7-17(18)13-20(25)23-15-16-9-10-19(22-14-16)24-11-5-1-2-6-12-24/h3-4,7-10,14H,1-2,5-6,11-13,15H2,(H,23,25). The maximum atomic E-state index is 13.6. The van der Waals surface area contributed by atoms with Gasteiger partial charge in [0.2, 0.25) is 5.91 Å². The van der Waals surface area contributed by atoms with Crippen LogP contribution in [-0.4, -0.2) is 24.0 Å². The number of aromatic nitrogens is 1. The number of nitrogens with zero attached hydrogens (tertiary/aromatic N) is 2. The number of rotatable bonds is 5. The van der Waals surface area contributed by atoms with Gasteiger partial charge < -0.3 is 10.2 Å². The highest BCUT2D eigenvalue weighted by atomic mass is 19.1. The third-order valence-electron chi connectivity index (χ3n) is 4.54. The predicted octanol–water partition coefficient (Wildman–Crippen LogP) is 3.46. The fourth-order valence-corrected chi connectivity index (χ4v) is 3.09. The molecule has 1 saturated heterocycles. The van der Waals surface area contributed by atoms with Crippen LogP contribution >= 0.6 is 0 Å². The van der Waals surface area contributed by atoms with Crippen molar-refractivity contribution in [2.75, 3.05) is 18.0 Å². The van der Waals surface area contributed by atoms with Gasteiger partial charge in [-0.25, -0.2) is 9.37 Å². The summed E-state index contributed by atoms with van der Waals surface area (Å²) < 4.78 is 13.6. The molecule has 0 bridgehead atoms. The Morgan fingerprint density at radius 2 is 1.84 bits per heavy atom. The maximum Gasteiger partial charge on any atom is 0.224 e. The minimum atomic E-state index is -0.346. The average Bonchev–Trinajstić information content (AvgIpc) is 2.92. The van der Waals surface area contributed by atoms with Crippen molar-refractivity contribution < 1.29 is 9.18 Å². The SMILES string of the molecule is O=C(Cc1ccccc1F)NCc1ccc(N2CCCCCC2)nc1. The predicted molar refractivity (Wildman–Crippen MR) is 96.9 cm³/mol. The van der Waals surface area contributed by atoms with Gasteiger partial charge in [0, 0.05) is 25.8 Å². The summed E-state index contributed by atoms with van der Waals surface area (Å²) in [4.78, 5) is 18.8. The summed E-state index contributed by atoms with van der Waals surface area (Å²) in [7, 11) is 0. The summed E-state index contributed by atoms with van der Waals surface area (Å²) in [6, 6.07) is 10.4. The first-order chi connectivity index (χ1) is 12.2. The molecule has 0 unspecified atom stereocenters. The second kappa shape index (κ2) is 8.60. The van der Waals surface area contributed by atoms with Gasteiger partial charge in [-0.05, 0) is 36.1 Å². The number of nitrogens with one attached hydrogen (secondary N) is 1. The second-order valence-electron chi connectivity index (χ2n) is 6.47. The largest absolute Gasteiger partial charge is 0.357 e. The quantitative estimate of drug-likeness (QED) is 0.906. The molecule has 2 aromatic rings. The fourth-order valence-electron chi connectivity index (χ4n) is 3.09. The molecular weight excluding hydrogens is 317 g/mol. The second-order valence-corrected chi connectivity index (χ2v) is 6.47. The van der Waals surface area contributed by atoms with Gasteiger partial charge in [0.1, 0.15) is 11.6 Å². The van der Waals surface area contributed by atoms with Gasteiger partial charge in [0.25, 0.3) is 0 Å². The molecule has 132 valence electrons. The van der Waals surface area contributed by atoms with Crippen molar-refractivity contribution in [2.24, 2.45) is 0 Å². The van der Waals surface area contributed by atoms with E-state index in [-0.39, 0.29) is 18.1 Å². The molecule has 2 heterocycles. The van der Waals surface area contributed by atoms with Crippen molar-refractivity contribution in [3.05, 3.63) is 59.5 Å². The Kier molecular flexibility index (Phi) is 5.99. The summed E-state index contributed by atoms with van der Waals surface area (Å²) in [6.45, 7) is 2.53. The van der Waals surface area contributed by atoms with E-state index in [2.05, 4.69) is 15.2 Å². The van der Waals surface area contributed by atoms with Crippen LogP contribution in [0.25, 0.3) is 0 Å². The number of halogens is 1. The number of hydrogen-bond acceptors (Lipinski definition) is 3. The average molecular weight is 341 g/mol. The molecule has 1 aromatic heterocycles. The Morgan fingerprint density at radius 1 is 1.08 bits per heavy atom. The number of amides is 1. The zero-order chi connectivity index (χ0) is 17.5. The Morgan fingerprint density at radius 3 is 2.52 bits per heavy atom. The van der Waals surface area contributed by atoms with E-state index in [1.165, 1.54) is 31.7 Å². The van der Waals surface area contributed by atoms with Crippen LogP contribution in [-0.2, 0) is 17.8 Å². The normalized spacial score (nSPS) is 14.8. The molecule has 0 radical (unpaired) electrons. The van der Waals surface area contributed by atoms with E-state index in [1.54, 1.807) is 18.2 Å². The van der Waals surface area contributed by atoms with Gasteiger partial charge in [0.05, 0.1) is 6.42 Å². The van der Waals surface area contributed by atoms with E-state index >= 15 is 0 Å². The first-order valence-electron chi connectivity index (χ1n) is 8.92. The monoisotopic (exact) mass is 341 g/mol. The Hall–Kier alpha value is -2.43. The van der Waals surface area contributed by atoms with Crippen LogP contribution < -0.4 is 10.2 Å². The molecule has 5 heteroatoms. The van der Waals surface area contributed by atoms with E-state index in [0.29, 0.717) is 12.1 Å². The van der Waals surface area contributed by atoms with Crippen LogP contribution in [0.2, 0.25) is 0 Å². The molecular formula is C20H24FN3O. The van der Waals surface area contributed by atoms with E-state index in [0.717, 1.165) is 24.5 Å². The first-order valence-corrected chi connectivity index (χ1v) is 8.92. The third kappa shape index (κ3) is 5.02. The van der Waals surface area contributed by atoms with Crippen molar-refractivity contribution in [2.45, 2.75) is 38.6 Å². The van der Waals surface area contributed by atoms with Crippen LogP contribution in [0, 0.1) is 5.82 Å². The number of anilines is 1. The lowest BCUT2D eigenvalue weighted by Crippen LogP contribution is -2.26. The third-order valence-corrected chi connectivity index (χ3v) is 4.54. The molecule has 0 atom stereocenters. The maximum absolute atomic E-state index is 13.6. The number of hydrogen-bond donors (Lipinski definition) is 1. The Balaban J connectivity index is 1.51. The highest BCUT2D eigenvalue weighted by Crippen LogP contribution is 2.17. The van der Waals surface area contributed by atoms with Crippen molar-refractivity contribution in [3.8, 4) is 0 Å². The molecule has 0 spiro atoms. The number of carbonyl (C=O) groups is 1. The lowest BCUT2D eigenvalue weighted by molar-refractivity contribution is -0.120. The molecule has 4 nitrogen and oxygen atoms in total. The molecule has 1 N–H and O–H groups in total. The summed E-state index contributed by atoms with van der Waals surface area (Å²) in [5.41, 5.74) is 1.36. The number of benzene rings is 1. The van der Waals surface area contributed by atoms with Crippen molar-refractivity contribution in [1.82, 2.24) is 10.3 Å². The van der Waals surface area contributed by atoms with Crippen LogP contribution in [0.4, 0.5) is 10.2 Å². The zero-order valence-electron chi connectivity index (χ0n) is 14.4. The van der Waals surface area contributed by atoms with Gasteiger partial charge in [-0.3, -0.25) is 4.79 Å². The van der Waals surface area contributed by atoms with E-state index < -0.39 is 0 Å². The van der Waals surface area contributed by atoms with Crippen LogP contribution in [0.3, 0.4) is 0 Å². The van der Waals surface area contributed by atoms with Gasteiger partial charge >= 0.3 is 0 Å². The molecule has 1 aliphatic heterocycles.